The third-order valence-electron chi connectivity index (χ3n) is 9.54. The number of rotatable bonds is 42. The molecule has 0 saturated carbocycles. The number of hydrogen-bond donors (Lipinski definition) is 3. The second-order valence-electron chi connectivity index (χ2n) is 15.0. The van der Waals surface area contributed by atoms with Crippen LogP contribution in [0, 0.1) is 0 Å². The van der Waals surface area contributed by atoms with Crippen molar-refractivity contribution in [2.45, 2.75) is 213 Å². The van der Waals surface area contributed by atoms with E-state index in [4.69, 9.17) is 13.8 Å². The van der Waals surface area contributed by atoms with Gasteiger partial charge in [0.2, 0.25) is 5.91 Å². The number of allylic oxidation sites excluding steroid dienone is 6. The summed E-state index contributed by atoms with van der Waals surface area (Å²) in [4.78, 5) is 33.9. The number of phosphoric ester groups is 1. The number of amides is 1. The van der Waals surface area contributed by atoms with Crippen LogP contribution < -0.4 is 5.32 Å². The van der Waals surface area contributed by atoms with Crippen molar-refractivity contribution in [3.63, 3.8) is 0 Å². The molecule has 1 amide bonds. The van der Waals surface area contributed by atoms with Gasteiger partial charge in [0, 0.05) is 19.4 Å². The average Bonchev–Trinajstić information content (AvgIpc) is 3.17. The van der Waals surface area contributed by atoms with Crippen LogP contribution in [0.5, 0.6) is 0 Å². The smallest absolute Gasteiger partial charge is 0.463 e. The van der Waals surface area contributed by atoms with Crippen LogP contribution in [0.25, 0.3) is 0 Å². The first kappa shape index (κ1) is 53.2. The maximum atomic E-state index is 12.1. The summed E-state index contributed by atoms with van der Waals surface area (Å²) in [5, 5.41) is 12.7. The van der Waals surface area contributed by atoms with Gasteiger partial charge in [-0.15, -0.1) is 0 Å². The van der Waals surface area contributed by atoms with Gasteiger partial charge in [-0.25, -0.2) is 4.57 Å². The number of aliphatic hydroxyl groups is 1. The van der Waals surface area contributed by atoms with Gasteiger partial charge in [-0.2, -0.15) is 0 Å². The third-order valence-corrected chi connectivity index (χ3v) is 10.5. The summed E-state index contributed by atoms with van der Waals surface area (Å²) in [6, 6.07) is 0. The largest absolute Gasteiger partial charge is 0.472 e. The monoisotopic (exact) mass is 798 g/mol. The number of ether oxygens (including phenoxy) is 1. The van der Waals surface area contributed by atoms with E-state index in [0.29, 0.717) is 6.42 Å². The number of unbranched alkanes of at least 4 members (excludes halogenated alkanes) is 23. The van der Waals surface area contributed by atoms with Gasteiger partial charge >= 0.3 is 13.8 Å². The maximum Gasteiger partial charge on any atom is 0.472 e. The predicted octanol–water partition coefficient (Wildman–Crippen LogP) is 12.6. The lowest BCUT2D eigenvalue weighted by Crippen LogP contribution is -2.27. The molecule has 0 aliphatic rings. The van der Waals surface area contributed by atoms with Gasteiger partial charge in [-0.05, 0) is 70.6 Å². The first-order chi connectivity index (χ1) is 26.8. The Bertz CT molecular complexity index is 1000. The topological polar surface area (TPSA) is 131 Å². The standard InChI is InChI=1S/C45H84NO8P/c1-3-5-7-9-11-13-15-17-19-20-21-22-24-26-28-30-32-34-36-38-45(49)52-41-43(47)42-54-55(50,51)53-40-39-46-44(48)37-35-33-31-29-27-25-23-18-16-14-12-10-8-6-4-2/h11,13,17-19,23,43,47H,3-10,12,14-16,20-22,24-42H2,1-2H3,(H,46,48)(H,50,51)/b13-11-,19-17-,23-18-. The molecule has 0 aromatic carbocycles. The highest BCUT2D eigenvalue weighted by atomic mass is 31.2. The van der Waals surface area contributed by atoms with E-state index in [0.717, 1.165) is 57.8 Å². The number of aliphatic hydroxyl groups excluding tert-OH is 1. The second-order valence-corrected chi connectivity index (χ2v) is 16.5. The fraction of sp³-hybridized carbons (Fsp3) is 0.822. The molecule has 3 N–H and O–H groups in total. The first-order valence-electron chi connectivity index (χ1n) is 22.5. The molecule has 0 heterocycles. The number of hydrogen-bond acceptors (Lipinski definition) is 7. The van der Waals surface area contributed by atoms with Gasteiger partial charge in [-0.1, -0.05) is 159 Å². The molecular formula is C45H84NO8P. The van der Waals surface area contributed by atoms with Gasteiger partial charge in [0.15, 0.2) is 0 Å². The van der Waals surface area contributed by atoms with Gasteiger partial charge in [0.25, 0.3) is 0 Å². The molecule has 2 unspecified atom stereocenters. The molecule has 2 atom stereocenters. The Morgan fingerprint density at radius 2 is 0.982 bits per heavy atom. The molecule has 0 radical (unpaired) electrons. The highest BCUT2D eigenvalue weighted by Crippen LogP contribution is 2.42. The number of nitrogens with one attached hydrogen (secondary N) is 1. The Labute approximate surface area is 337 Å². The Morgan fingerprint density at radius 1 is 0.564 bits per heavy atom. The van der Waals surface area contributed by atoms with Crippen LogP contribution >= 0.6 is 7.82 Å². The zero-order chi connectivity index (χ0) is 40.3. The summed E-state index contributed by atoms with van der Waals surface area (Å²) in [6.07, 6.45) is 46.4. The Kier molecular flexibility index (Phi) is 40.5. The van der Waals surface area contributed by atoms with Crippen molar-refractivity contribution < 1.29 is 37.9 Å². The summed E-state index contributed by atoms with van der Waals surface area (Å²) in [5.74, 6) is -0.527. The molecule has 10 heteroatoms. The number of esters is 1. The maximum absolute atomic E-state index is 12.1. The third kappa shape index (κ3) is 43.2. The van der Waals surface area contributed by atoms with E-state index in [9.17, 15) is 24.2 Å². The van der Waals surface area contributed by atoms with Crippen LogP contribution in [-0.2, 0) is 27.9 Å². The van der Waals surface area contributed by atoms with Crippen molar-refractivity contribution in [3.05, 3.63) is 36.5 Å². The first-order valence-corrected chi connectivity index (χ1v) is 24.0. The molecular weight excluding hydrogens is 713 g/mol. The van der Waals surface area contributed by atoms with Crippen LogP contribution in [0.4, 0.5) is 0 Å². The van der Waals surface area contributed by atoms with Crippen molar-refractivity contribution in [2.75, 3.05) is 26.4 Å². The highest BCUT2D eigenvalue weighted by Gasteiger charge is 2.23. The highest BCUT2D eigenvalue weighted by molar-refractivity contribution is 7.47. The molecule has 0 aliphatic carbocycles. The molecule has 9 nitrogen and oxygen atoms in total. The lowest BCUT2D eigenvalue weighted by Gasteiger charge is -2.15. The van der Waals surface area contributed by atoms with Crippen LogP contribution in [-0.4, -0.2) is 54.3 Å². The lowest BCUT2D eigenvalue weighted by molar-refractivity contribution is -0.147. The second kappa shape index (κ2) is 41.9. The van der Waals surface area contributed by atoms with Crippen molar-refractivity contribution in [1.82, 2.24) is 5.32 Å². The van der Waals surface area contributed by atoms with Gasteiger partial charge in [-0.3, -0.25) is 18.6 Å². The van der Waals surface area contributed by atoms with E-state index in [-0.39, 0.29) is 32.1 Å². The minimum absolute atomic E-state index is 0.0773. The summed E-state index contributed by atoms with van der Waals surface area (Å²) >= 11 is 0. The van der Waals surface area contributed by atoms with E-state index in [1.807, 2.05) is 0 Å². The number of phosphoric acid groups is 1. The molecule has 0 saturated heterocycles. The van der Waals surface area contributed by atoms with E-state index in [1.54, 1.807) is 0 Å². The van der Waals surface area contributed by atoms with Gasteiger partial charge in [0.05, 0.1) is 13.2 Å². The molecule has 0 spiro atoms. The van der Waals surface area contributed by atoms with Crippen molar-refractivity contribution in [2.24, 2.45) is 0 Å². The van der Waals surface area contributed by atoms with E-state index >= 15 is 0 Å². The van der Waals surface area contributed by atoms with E-state index < -0.39 is 26.5 Å². The van der Waals surface area contributed by atoms with Crippen LogP contribution in [0.3, 0.4) is 0 Å². The summed E-state index contributed by atoms with van der Waals surface area (Å²) < 4.78 is 26.9. The molecule has 55 heavy (non-hydrogen) atoms. The summed E-state index contributed by atoms with van der Waals surface area (Å²) in [7, 11) is -4.42. The molecule has 0 bridgehead atoms. The lowest BCUT2D eigenvalue weighted by atomic mass is 10.1. The van der Waals surface area contributed by atoms with Crippen molar-refractivity contribution in [3.8, 4) is 0 Å². The number of carbonyl (C=O) groups excluding carboxylic acids is 2. The molecule has 0 fully saturated rings. The SMILES string of the molecule is CCCCC/C=C\C/C=C\CCCCCCCCCCCC(=O)OCC(O)COP(=O)(O)OCCNC(=O)CCCCCCC/C=C\CCCCCCCC. The van der Waals surface area contributed by atoms with Crippen LogP contribution in [0.1, 0.15) is 206 Å². The van der Waals surface area contributed by atoms with Gasteiger partial charge < -0.3 is 20.1 Å². The minimum atomic E-state index is -4.42. The normalized spacial score (nSPS) is 13.6. The van der Waals surface area contributed by atoms with E-state index in [1.165, 1.54) is 122 Å². The Morgan fingerprint density at radius 3 is 1.51 bits per heavy atom. The summed E-state index contributed by atoms with van der Waals surface area (Å²) in [6.45, 7) is 3.52. The molecule has 0 aliphatic heterocycles. The zero-order valence-electron chi connectivity index (χ0n) is 35.4. The van der Waals surface area contributed by atoms with Crippen molar-refractivity contribution >= 4 is 19.7 Å². The van der Waals surface area contributed by atoms with Crippen LogP contribution in [0.15, 0.2) is 36.5 Å². The zero-order valence-corrected chi connectivity index (χ0v) is 36.3. The quantitative estimate of drug-likeness (QED) is 0.0241. The molecule has 0 aromatic heterocycles. The van der Waals surface area contributed by atoms with Gasteiger partial charge in [0.1, 0.15) is 12.7 Å². The predicted molar refractivity (Wildman–Crippen MR) is 229 cm³/mol. The fourth-order valence-electron chi connectivity index (χ4n) is 6.11. The number of carbonyl (C=O) groups is 2. The minimum Gasteiger partial charge on any atom is -0.463 e. The summed E-state index contributed by atoms with van der Waals surface area (Å²) in [5.41, 5.74) is 0. The molecule has 0 aromatic rings. The Balaban J connectivity index is 3.60. The molecule has 0 rings (SSSR count). The van der Waals surface area contributed by atoms with Crippen LogP contribution in [0.2, 0.25) is 0 Å². The van der Waals surface area contributed by atoms with Crippen molar-refractivity contribution in [1.29, 1.82) is 0 Å². The molecule has 322 valence electrons. The Hall–Kier alpha value is -1.77. The van der Waals surface area contributed by atoms with E-state index in [2.05, 4.69) is 55.6 Å². The average molecular weight is 798 g/mol. The fourth-order valence-corrected chi connectivity index (χ4v) is 6.87.